The molecule has 1 aliphatic heterocycles. The lowest BCUT2D eigenvalue weighted by molar-refractivity contribution is -0.120. The third kappa shape index (κ3) is 5.70. The molecule has 3 N–H and O–H groups in total. The number of H-pyrrole nitrogens is 1. The second-order valence-electron chi connectivity index (χ2n) is 8.52. The van der Waals surface area contributed by atoms with Crippen LogP contribution >= 0.6 is 0 Å². The second kappa shape index (κ2) is 11.1. The number of fused-ring (bicyclic) bond motifs is 1. The van der Waals surface area contributed by atoms with Crippen molar-refractivity contribution in [2.24, 2.45) is 0 Å². The first-order valence-electron chi connectivity index (χ1n) is 11.7. The maximum absolute atomic E-state index is 12.6. The molecule has 34 heavy (non-hydrogen) atoms. The zero-order valence-electron chi connectivity index (χ0n) is 19.5. The van der Waals surface area contributed by atoms with Gasteiger partial charge in [-0.1, -0.05) is 43.3 Å². The fourth-order valence-corrected chi connectivity index (χ4v) is 4.24. The molecule has 1 saturated heterocycles. The maximum Gasteiger partial charge on any atom is 0.257 e. The van der Waals surface area contributed by atoms with E-state index in [0.717, 1.165) is 44.8 Å². The van der Waals surface area contributed by atoms with Crippen molar-refractivity contribution in [3.05, 3.63) is 81.6 Å². The van der Waals surface area contributed by atoms with E-state index in [9.17, 15) is 14.4 Å². The topological polar surface area (TPSA) is 97.5 Å². The molecule has 2 aromatic carbocycles. The van der Waals surface area contributed by atoms with Gasteiger partial charge in [-0.15, -0.1) is 0 Å². The van der Waals surface area contributed by atoms with E-state index in [1.54, 1.807) is 18.2 Å². The third-order valence-corrected chi connectivity index (χ3v) is 6.34. The van der Waals surface area contributed by atoms with Crippen molar-refractivity contribution in [3.8, 4) is 0 Å². The summed E-state index contributed by atoms with van der Waals surface area (Å²) < 4.78 is 0. The Labute approximate surface area is 199 Å². The Balaban J connectivity index is 1.30. The van der Waals surface area contributed by atoms with Gasteiger partial charge in [-0.25, -0.2) is 0 Å². The number of pyridine rings is 1. The van der Waals surface area contributed by atoms with Crippen LogP contribution in [0.25, 0.3) is 10.9 Å². The number of rotatable bonds is 8. The summed E-state index contributed by atoms with van der Waals surface area (Å²) in [5.74, 6) is -0.884. The number of likely N-dealkylation sites (N-methyl/N-ethyl adjacent to an activating group) is 1. The molecule has 0 aliphatic carbocycles. The van der Waals surface area contributed by atoms with Crippen molar-refractivity contribution in [3.63, 3.8) is 0 Å². The predicted molar refractivity (Wildman–Crippen MR) is 133 cm³/mol. The van der Waals surface area contributed by atoms with Crippen molar-refractivity contribution in [1.29, 1.82) is 0 Å². The summed E-state index contributed by atoms with van der Waals surface area (Å²) in [5, 5.41) is 5.86. The minimum atomic E-state index is -0.575. The normalized spacial score (nSPS) is 14.7. The van der Waals surface area contributed by atoms with Crippen LogP contribution in [0.1, 0.15) is 28.4 Å². The largest absolute Gasteiger partial charge is 0.360 e. The van der Waals surface area contributed by atoms with Gasteiger partial charge in [0.1, 0.15) is 5.56 Å². The molecule has 1 aliphatic rings. The third-order valence-electron chi connectivity index (χ3n) is 6.34. The molecule has 0 bridgehead atoms. The molecule has 8 nitrogen and oxygen atoms in total. The Hall–Kier alpha value is -3.49. The highest BCUT2D eigenvalue weighted by atomic mass is 16.2. The lowest BCUT2D eigenvalue weighted by Crippen LogP contribution is -2.45. The molecule has 0 saturated carbocycles. The summed E-state index contributed by atoms with van der Waals surface area (Å²) in [6.07, 6.45) is 1.38. The average molecular weight is 462 g/mol. The summed E-state index contributed by atoms with van der Waals surface area (Å²) in [4.78, 5) is 45.3. The number of amides is 2. The van der Waals surface area contributed by atoms with Gasteiger partial charge in [0.15, 0.2) is 0 Å². The van der Waals surface area contributed by atoms with E-state index < -0.39 is 5.91 Å². The summed E-state index contributed by atoms with van der Waals surface area (Å²) in [6, 6.07) is 15.1. The number of aromatic nitrogens is 1. The molecule has 178 valence electrons. The number of piperazine rings is 1. The number of hydrogen-bond acceptors (Lipinski definition) is 5. The van der Waals surface area contributed by atoms with Crippen LogP contribution in [0.3, 0.4) is 0 Å². The van der Waals surface area contributed by atoms with E-state index >= 15 is 0 Å². The molecule has 0 atom stereocenters. The van der Waals surface area contributed by atoms with Crippen LogP contribution in [-0.2, 0) is 17.9 Å². The molecule has 3 aromatic rings. The van der Waals surface area contributed by atoms with E-state index in [0.29, 0.717) is 17.4 Å². The quantitative estimate of drug-likeness (QED) is 0.475. The van der Waals surface area contributed by atoms with Crippen LogP contribution in [0.15, 0.2) is 59.5 Å². The van der Waals surface area contributed by atoms with Crippen molar-refractivity contribution < 1.29 is 9.59 Å². The van der Waals surface area contributed by atoms with Gasteiger partial charge in [-0.3, -0.25) is 19.3 Å². The number of aromatic amines is 1. The number of benzene rings is 2. The summed E-state index contributed by atoms with van der Waals surface area (Å²) in [7, 11) is 0. The summed E-state index contributed by atoms with van der Waals surface area (Å²) in [5.41, 5.74) is 2.54. The van der Waals surface area contributed by atoms with Crippen molar-refractivity contribution in [2.75, 3.05) is 39.3 Å². The number of carbonyl (C=O) groups is 2. The van der Waals surface area contributed by atoms with Crippen LogP contribution in [0, 0.1) is 0 Å². The highest BCUT2D eigenvalue weighted by molar-refractivity contribution is 5.98. The van der Waals surface area contributed by atoms with Gasteiger partial charge in [0.05, 0.1) is 6.54 Å². The summed E-state index contributed by atoms with van der Waals surface area (Å²) in [6.45, 7) is 8.54. The van der Waals surface area contributed by atoms with Crippen molar-refractivity contribution in [2.45, 2.75) is 20.0 Å². The first-order chi connectivity index (χ1) is 16.5. The van der Waals surface area contributed by atoms with Gasteiger partial charge >= 0.3 is 0 Å². The van der Waals surface area contributed by atoms with Gasteiger partial charge in [0.25, 0.3) is 5.91 Å². The van der Waals surface area contributed by atoms with E-state index in [2.05, 4.69) is 38.4 Å². The standard InChI is InChI=1S/C26H31N5O3/c1-2-30-11-13-31(14-12-30)18-20-8-4-3-7-19(20)15-28-24(32)17-29-26(34)22-16-27-23-10-6-5-9-21(23)25(22)33/h3-10,16H,2,11-15,17-18H2,1H3,(H,27,33)(H,28,32)(H,29,34). The smallest absolute Gasteiger partial charge is 0.257 e. The Bertz CT molecular complexity index is 1210. The lowest BCUT2D eigenvalue weighted by Gasteiger charge is -2.34. The SMILES string of the molecule is CCN1CCN(Cc2ccccc2CNC(=O)CNC(=O)c2c[nH]c3ccccc3c2=O)CC1. The predicted octanol–water partition coefficient (Wildman–Crippen LogP) is 1.71. The first kappa shape index (κ1) is 23.7. The van der Waals surface area contributed by atoms with Crippen LogP contribution < -0.4 is 16.1 Å². The number of carbonyl (C=O) groups excluding carboxylic acids is 2. The van der Waals surface area contributed by atoms with E-state index in [1.807, 2.05) is 24.3 Å². The Morgan fingerprint density at radius 2 is 1.59 bits per heavy atom. The molecule has 1 fully saturated rings. The average Bonchev–Trinajstić information content (AvgIpc) is 2.87. The zero-order valence-corrected chi connectivity index (χ0v) is 19.5. The lowest BCUT2D eigenvalue weighted by atomic mass is 10.1. The number of para-hydroxylation sites is 1. The molecular weight excluding hydrogens is 430 g/mol. The molecule has 0 radical (unpaired) electrons. The van der Waals surface area contributed by atoms with Crippen molar-refractivity contribution >= 4 is 22.7 Å². The van der Waals surface area contributed by atoms with Crippen LogP contribution in [0.4, 0.5) is 0 Å². The number of hydrogen-bond donors (Lipinski definition) is 3. The molecule has 8 heteroatoms. The zero-order chi connectivity index (χ0) is 23.9. The monoisotopic (exact) mass is 461 g/mol. The Kier molecular flexibility index (Phi) is 7.72. The molecule has 2 amide bonds. The Morgan fingerprint density at radius 1 is 0.912 bits per heavy atom. The molecule has 0 spiro atoms. The Morgan fingerprint density at radius 3 is 2.35 bits per heavy atom. The first-order valence-corrected chi connectivity index (χ1v) is 11.7. The molecule has 0 unspecified atom stereocenters. The molecule has 2 heterocycles. The van der Waals surface area contributed by atoms with Crippen LogP contribution in [-0.4, -0.2) is 65.9 Å². The van der Waals surface area contributed by atoms with Crippen LogP contribution in [0.5, 0.6) is 0 Å². The second-order valence-corrected chi connectivity index (χ2v) is 8.52. The van der Waals surface area contributed by atoms with Gasteiger partial charge in [-0.2, -0.15) is 0 Å². The van der Waals surface area contributed by atoms with Gasteiger partial charge < -0.3 is 20.5 Å². The fraction of sp³-hybridized carbons (Fsp3) is 0.346. The highest BCUT2D eigenvalue weighted by Gasteiger charge is 2.17. The summed E-state index contributed by atoms with van der Waals surface area (Å²) >= 11 is 0. The van der Waals surface area contributed by atoms with Crippen LogP contribution in [0.2, 0.25) is 0 Å². The van der Waals surface area contributed by atoms with Crippen molar-refractivity contribution in [1.82, 2.24) is 25.4 Å². The molecule has 1 aromatic heterocycles. The van der Waals surface area contributed by atoms with E-state index in [1.165, 1.54) is 11.8 Å². The highest BCUT2D eigenvalue weighted by Crippen LogP contribution is 2.13. The number of nitrogens with one attached hydrogen (secondary N) is 3. The van der Waals surface area contributed by atoms with Gasteiger partial charge in [-0.05, 0) is 29.8 Å². The minimum absolute atomic E-state index is 0.0139. The molecule has 4 rings (SSSR count). The minimum Gasteiger partial charge on any atom is -0.360 e. The van der Waals surface area contributed by atoms with E-state index in [4.69, 9.17) is 0 Å². The fourth-order valence-electron chi connectivity index (χ4n) is 4.24. The maximum atomic E-state index is 12.6. The molecular formula is C26H31N5O3. The van der Waals surface area contributed by atoms with Gasteiger partial charge in [0.2, 0.25) is 11.3 Å². The number of nitrogens with zero attached hydrogens (tertiary/aromatic N) is 2. The van der Waals surface area contributed by atoms with E-state index in [-0.39, 0.29) is 23.4 Å². The van der Waals surface area contributed by atoms with Gasteiger partial charge in [0, 0.05) is 56.4 Å².